The normalized spacial score (nSPS) is 15.5. The van der Waals surface area contributed by atoms with Crippen LogP contribution in [0.4, 0.5) is 0 Å². The van der Waals surface area contributed by atoms with Crippen LogP contribution in [0, 0.1) is 5.92 Å². The molecule has 4 nitrogen and oxygen atoms in total. The lowest BCUT2D eigenvalue weighted by Gasteiger charge is -2.26. The quantitative estimate of drug-likeness (QED) is 0.496. The van der Waals surface area contributed by atoms with Crippen molar-refractivity contribution in [2.24, 2.45) is 5.92 Å². The highest BCUT2D eigenvalue weighted by Gasteiger charge is 2.23. The maximum atomic E-state index is 12.7. The van der Waals surface area contributed by atoms with Gasteiger partial charge >= 0.3 is 0 Å². The number of benzene rings is 3. The van der Waals surface area contributed by atoms with Crippen molar-refractivity contribution in [2.45, 2.75) is 31.7 Å². The summed E-state index contributed by atoms with van der Waals surface area (Å²) in [6.07, 6.45) is 2.62. The summed E-state index contributed by atoms with van der Waals surface area (Å²) in [4.78, 5) is 12.7. The summed E-state index contributed by atoms with van der Waals surface area (Å²) in [5.41, 5.74) is 5.33. The SMILES string of the molecule is O=c1ccc(C(c2ccccc2)c2ccccc2)nn1CC1CCc2c(O)cccc2C1. The summed E-state index contributed by atoms with van der Waals surface area (Å²) in [6, 6.07) is 29.8. The Balaban J connectivity index is 1.47. The van der Waals surface area contributed by atoms with Crippen LogP contribution >= 0.6 is 0 Å². The summed E-state index contributed by atoms with van der Waals surface area (Å²) in [7, 11) is 0. The lowest BCUT2D eigenvalue weighted by atomic mass is 9.83. The number of hydrogen-bond donors (Lipinski definition) is 1. The van der Waals surface area contributed by atoms with E-state index in [1.54, 1.807) is 16.8 Å². The first kappa shape index (κ1) is 20.3. The molecule has 0 saturated heterocycles. The summed E-state index contributed by atoms with van der Waals surface area (Å²) in [6.45, 7) is 0.581. The van der Waals surface area contributed by atoms with Gasteiger partial charge in [-0.1, -0.05) is 72.8 Å². The van der Waals surface area contributed by atoms with Crippen LogP contribution < -0.4 is 5.56 Å². The van der Waals surface area contributed by atoms with Crippen molar-refractivity contribution in [3.05, 3.63) is 129 Å². The van der Waals surface area contributed by atoms with Crippen molar-refractivity contribution >= 4 is 0 Å². The van der Waals surface area contributed by atoms with Gasteiger partial charge in [0.2, 0.25) is 0 Å². The zero-order valence-corrected chi connectivity index (χ0v) is 17.9. The summed E-state index contributed by atoms with van der Waals surface area (Å²) in [5.74, 6) is 0.664. The average molecular weight is 423 g/mol. The van der Waals surface area contributed by atoms with Crippen LogP contribution in [0.3, 0.4) is 0 Å². The van der Waals surface area contributed by atoms with E-state index in [1.165, 1.54) is 5.56 Å². The maximum Gasteiger partial charge on any atom is 0.266 e. The third kappa shape index (κ3) is 4.09. The Morgan fingerprint density at radius 1 is 0.875 bits per heavy atom. The topological polar surface area (TPSA) is 55.1 Å². The van der Waals surface area contributed by atoms with Crippen LogP contribution in [0.15, 0.2) is 95.8 Å². The number of rotatable bonds is 5. The monoisotopic (exact) mass is 422 g/mol. The molecule has 32 heavy (non-hydrogen) atoms. The van der Waals surface area contributed by atoms with E-state index in [2.05, 4.69) is 30.3 Å². The van der Waals surface area contributed by atoms with Crippen molar-refractivity contribution in [1.29, 1.82) is 0 Å². The molecule has 4 heteroatoms. The van der Waals surface area contributed by atoms with Crippen LogP contribution in [0.25, 0.3) is 0 Å². The van der Waals surface area contributed by atoms with Gasteiger partial charge in [-0.3, -0.25) is 4.79 Å². The van der Waals surface area contributed by atoms with Gasteiger partial charge in [-0.2, -0.15) is 5.10 Å². The summed E-state index contributed by atoms with van der Waals surface area (Å²) in [5, 5.41) is 15.0. The number of phenolic OH excluding ortho intramolecular Hbond substituents is 1. The molecular weight excluding hydrogens is 396 g/mol. The van der Waals surface area contributed by atoms with E-state index >= 15 is 0 Å². The highest BCUT2D eigenvalue weighted by molar-refractivity contribution is 5.41. The highest BCUT2D eigenvalue weighted by atomic mass is 16.3. The van der Waals surface area contributed by atoms with Crippen LogP contribution in [0.1, 0.15) is 40.3 Å². The molecule has 1 atom stereocenters. The summed E-state index contributed by atoms with van der Waals surface area (Å²) < 4.78 is 1.63. The van der Waals surface area contributed by atoms with Gasteiger partial charge in [0.1, 0.15) is 5.75 Å². The molecule has 3 aromatic carbocycles. The van der Waals surface area contributed by atoms with Crippen LogP contribution in [0.5, 0.6) is 5.75 Å². The minimum Gasteiger partial charge on any atom is -0.508 e. The molecule has 1 aliphatic carbocycles. The fourth-order valence-electron chi connectivity index (χ4n) is 4.84. The summed E-state index contributed by atoms with van der Waals surface area (Å²) >= 11 is 0. The largest absolute Gasteiger partial charge is 0.508 e. The van der Waals surface area contributed by atoms with Crippen LogP contribution in [-0.2, 0) is 19.4 Å². The van der Waals surface area contributed by atoms with E-state index in [-0.39, 0.29) is 11.5 Å². The molecule has 1 aromatic heterocycles. The second-order valence-corrected chi connectivity index (χ2v) is 8.56. The number of phenols is 1. The predicted molar refractivity (Wildman–Crippen MR) is 126 cm³/mol. The Labute approximate surface area is 187 Å². The van der Waals surface area contributed by atoms with E-state index in [0.29, 0.717) is 18.2 Å². The van der Waals surface area contributed by atoms with Crippen molar-refractivity contribution in [2.75, 3.05) is 0 Å². The number of aromatic nitrogens is 2. The van der Waals surface area contributed by atoms with Gasteiger partial charge in [0.15, 0.2) is 0 Å². The Kier molecular flexibility index (Phi) is 5.59. The molecule has 0 radical (unpaired) electrons. The molecule has 1 aliphatic rings. The van der Waals surface area contributed by atoms with E-state index in [4.69, 9.17) is 5.10 Å². The molecule has 0 saturated carbocycles. The standard InChI is InChI=1S/C28H26N2O2/c31-26-13-7-12-23-18-20(14-15-24(23)26)19-30-27(32)17-16-25(29-30)28(21-8-3-1-4-9-21)22-10-5-2-6-11-22/h1-13,16-17,20,28,31H,14-15,18-19H2. The number of hydrogen-bond acceptors (Lipinski definition) is 3. The lowest BCUT2D eigenvalue weighted by Crippen LogP contribution is -2.29. The minimum atomic E-state index is -0.0738. The predicted octanol–water partition coefficient (Wildman–Crippen LogP) is 4.93. The lowest BCUT2D eigenvalue weighted by molar-refractivity contribution is 0.358. The third-order valence-corrected chi connectivity index (χ3v) is 6.44. The van der Waals surface area contributed by atoms with Crippen LogP contribution in [0.2, 0.25) is 0 Å². The molecule has 1 heterocycles. The first-order chi connectivity index (χ1) is 15.7. The second kappa shape index (κ2) is 8.83. The smallest absolute Gasteiger partial charge is 0.266 e. The van der Waals surface area contributed by atoms with Gasteiger partial charge in [0.05, 0.1) is 11.6 Å². The molecule has 160 valence electrons. The fraction of sp³-hybridized carbons (Fsp3) is 0.214. The molecule has 0 aliphatic heterocycles. The van der Waals surface area contributed by atoms with Gasteiger partial charge in [-0.25, -0.2) is 4.68 Å². The second-order valence-electron chi connectivity index (χ2n) is 8.56. The first-order valence-electron chi connectivity index (χ1n) is 11.2. The number of aromatic hydroxyl groups is 1. The number of nitrogens with zero attached hydrogens (tertiary/aromatic N) is 2. The highest BCUT2D eigenvalue weighted by Crippen LogP contribution is 2.33. The molecule has 1 N–H and O–H groups in total. The zero-order chi connectivity index (χ0) is 21.9. The van der Waals surface area contributed by atoms with Gasteiger partial charge in [0, 0.05) is 12.6 Å². The first-order valence-corrected chi connectivity index (χ1v) is 11.2. The Morgan fingerprint density at radius 2 is 1.56 bits per heavy atom. The molecule has 0 fully saturated rings. The van der Waals surface area contributed by atoms with E-state index < -0.39 is 0 Å². The molecule has 0 spiro atoms. The minimum absolute atomic E-state index is 0.0340. The van der Waals surface area contributed by atoms with Crippen molar-refractivity contribution in [1.82, 2.24) is 9.78 Å². The van der Waals surface area contributed by atoms with Crippen LogP contribution in [-0.4, -0.2) is 14.9 Å². The number of fused-ring (bicyclic) bond motifs is 1. The van der Waals surface area contributed by atoms with E-state index in [1.807, 2.05) is 48.5 Å². The molecule has 1 unspecified atom stereocenters. The zero-order valence-electron chi connectivity index (χ0n) is 17.9. The van der Waals surface area contributed by atoms with Gasteiger partial charge in [-0.05, 0) is 59.6 Å². The van der Waals surface area contributed by atoms with Gasteiger partial charge in [0.25, 0.3) is 5.56 Å². The Morgan fingerprint density at radius 3 is 2.25 bits per heavy atom. The molecule has 5 rings (SSSR count). The third-order valence-electron chi connectivity index (χ3n) is 6.44. The molecule has 0 amide bonds. The van der Waals surface area contributed by atoms with Gasteiger partial charge in [-0.15, -0.1) is 0 Å². The molecule has 0 bridgehead atoms. The van der Waals surface area contributed by atoms with Crippen molar-refractivity contribution in [3.63, 3.8) is 0 Å². The van der Waals surface area contributed by atoms with Crippen molar-refractivity contribution < 1.29 is 5.11 Å². The molecular formula is C28H26N2O2. The molecule has 4 aromatic rings. The van der Waals surface area contributed by atoms with Crippen molar-refractivity contribution in [3.8, 4) is 5.75 Å². The van der Waals surface area contributed by atoms with E-state index in [9.17, 15) is 9.90 Å². The Bertz CT molecular complexity index is 1230. The van der Waals surface area contributed by atoms with E-state index in [0.717, 1.165) is 41.6 Å². The Hall–Kier alpha value is -3.66. The maximum absolute atomic E-state index is 12.7. The average Bonchev–Trinajstić information content (AvgIpc) is 2.83. The fourth-order valence-corrected chi connectivity index (χ4v) is 4.84. The van der Waals surface area contributed by atoms with Gasteiger partial charge < -0.3 is 5.11 Å².